The van der Waals surface area contributed by atoms with Crippen LogP contribution in [-0.4, -0.2) is 22.4 Å². The van der Waals surface area contributed by atoms with Gasteiger partial charge in [0.05, 0.1) is 12.6 Å². The van der Waals surface area contributed by atoms with Crippen LogP contribution in [0.5, 0.6) is 0 Å². The molecule has 5 nitrogen and oxygen atoms in total. The summed E-state index contributed by atoms with van der Waals surface area (Å²) in [6, 6.07) is 0.208. The molecule has 0 radical (unpaired) electrons. The molecule has 0 bridgehead atoms. The molecule has 1 aliphatic carbocycles. The molecule has 94 valence electrons. The second kappa shape index (κ2) is 5.21. The Labute approximate surface area is 99.8 Å². The zero-order valence-corrected chi connectivity index (χ0v) is 10.1. The Morgan fingerprint density at radius 1 is 1.47 bits per heavy atom. The van der Waals surface area contributed by atoms with Gasteiger partial charge in [0.15, 0.2) is 0 Å². The minimum atomic E-state index is -0.539. The third-order valence-corrected chi connectivity index (χ3v) is 3.23. The van der Waals surface area contributed by atoms with Gasteiger partial charge in [0.25, 0.3) is 5.56 Å². The maximum absolute atomic E-state index is 12.0. The van der Waals surface area contributed by atoms with E-state index in [2.05, 4.69) is 5.10 Å². The van der Waals surface area contributed by atoms with Gasteiger partial charge in [-0.15, -0.1) is 0 Å². The molecule has 0 aliphatic heterocycles. The molecule has 1 fully saturated rings. The molecule has 1 heterocycles. The van der Waals surface area contributed by atoms with Gasteiger partial charge in [-0.05, 0) is 19.8 Å². The van der Waals surface area contributed by atoms with E-state index in [1.807, 2.05) is 0 Å². The van der Waals surface area contributed by atoms with Gasteiger partial charge >= 0.3 is 5.97 Å². The highest BCUT2D eigenvalue weighted by Gasteiger charge is 2.21. The molecule has 1 aromatic rings. The fourth-order valence-electron chi connectivity index (χ4n) is 2.35. The van der Waals surface area contributed by atoms with Crippen molar-refractivity contribution in [2.24, 2.45) is 0 Å². The second-order valence-corrected chi connectivity index (χ2v) is 4.37. The molecule has 0 saturated heterocycles. The minimum absolute atomic E-state index is 0.109. The summed E-state index contributed by atoms with van der Waals surface area (Å²) in [6.07, 6.45) is 6.98. The zero-order chi connectivity index (χ0) is 12.3. The lowest BCUT2D eigenvalue weighted by atomic mass is 9.96. The number of esters is 1. The molecule has 1 aliphatic rings. The molecule has 0 atom stereocenters. The Hall–Kier alpha value is -1.52. The van der Waals surface area contributed by atoms with E-state index in [-0.39, 0.29) is 23.8 Å². The van der Waals surface area contributed by atoms with Crippen LogP contribution >= 0.6 is 0 Å². The lowest BCUT2D eigenvalue weighted by Crippen LogP contribution is -2.27. The average Bonchev–Trinajstić information content (AvgIpc) is 2.72. The molecule has 0 aromatic carbocycles. The van der Waals surface area contributed by atoms with Crippen LogP contribution in [0.15, 0.2) is 11.0 Å². The summed E-state index contributed by atoms with van der Waals surface area (Å²) in [5, 5.41) is 2.89. The summed E-state index contributed by atoms with van der Waals surface area (Å²) < 4.78 is 6.41. The Bertz CT molecular complexity index is 441. The van der Waals surface area contributed by atoms with Gasteiger partial charge in [-0.3, -0.25) is 4.79 Å². The van der Waals surface area contributed by atoms with Crippen molar-refractivity contribution < 1.29 is 9.53 Å². The maximum atomic E-state index is 12.0. The number of aromatic amines is 1. The molecule has 0 spiro atoms. The number of hydrogen-bond donors (Lipinski definition) is 1. The highest BCUT2D eigenvalue weighted by Crippen LogP contribution is 2.26. The van der Waals surface area contributed by atoms with E-state index in [1.54, 1.807) is 11.6 Å². The van der Waals surface area contributed by atoms with Crippen LogP contribution in [0.25, 0.3) is 0 Å². The quantitative estimate of drug-likeness (QED) is 0.817. The Balaban J connectivity index is 2.20. The topological polar surface area (TPSA) is 64.1 Å². The molecule has 2 rings (SSSR count). The number of rotatable bonds is 3. The number of nitrogens with one attached hydrogen (secondary N) is 1. The van der Waals surface area contributed by atoms with Crippen LogP contribution < -0.4 is 5.56 Å². The summed E-state index contributed by atoms with van der Waals surface area (Å²) >= 11 is 0. The number of aromatic nitrogens is 2. The third-order valence-electron chi connectivity index (χ3n) is 3.23. The minimum Gasteiger partial charge on any atom is -0.462 e. The molecular formula is C12H18N2O3. The summed E-state index contributed by atoms with van der Waals surface area (Å²) in [5.74, 6) is -0.539. The van der Waals surface area contributed by atoms with Gasteiger partial charge in [-0.2, -0.15) is 0 Å². The average molecular weight is 238 g/mol. The van der Waals surface area contributed by atoms with Gasteiger partial charge in [0.1, 0.15) is 5.56 Å². The SMILES string of the molecule is CCOC(=O)c1c[nH]n(C2CCCCC2)c1=O. The Morgan fingerprint density at radius 2 is 2.18 bits per heavy atom. The summed E-state index contributed by atoms with van der Waals surface area (Å²) in [6.45, 7) is 2.01. The number of carbonyl (C=O) groups excluding carboxylic acids is 1. The number of carbonyl (C=O) groups is 1. The molecule has 1 N–H and O–H groups in total. The largest absolute Gasteiger partial charge is 0.462 e. The number of nitrogens with zero attached hydrogens (tertiary/aromatic N) is 1. The van der Waals surface area contributed by atoms with Crippen molar-refractivity contribution in [3.05, 3.63) is 22.1 Å². The van der Waals surface area contributed by atoms with E-state index in [1.165, 1.54) is 12.6 Å². The van der Waals surface area contributed by atoms with Crippen molar-refractivity contribution in [2.45, 2.75) is 45.1 Å². The standard InChI is InChI=1S/C12H18N2O3/c1-2-17-12(16)10-8-13-14(11(10)15)9-6-4-3-5-7-9/h8-9,13H,2-7H2,1H3. The van der Waals surface area contributed by atoms with Crippen molar-refractivity contribution >= 4 is 5.97 Å². The van der Waals surface area contributed by atoms with Crippen LogP contribution in [0.3, 0.4) is 0 Å². The van der Waals surface area contributed by atoms with Crippen molar-refractivity contribution in [1.82, 2.24) is 9.78 Å². The van der Waals surface area contributed by atoms with E-state index in [4.69, 9.17) is 4.74 Å². The maximum Gasteiger partial charge on any atom is 0.345 e. The predicted octanol–water partition coefficient (Wildman–Crippen LogP) is 1.86. The molecule has 5 heteroatoms. The Morgan fingerprint density at radius 3 is 2.82 bits per heavy atom. The number of H-pyrrole nitrogens is 1. The van der Waals surface area contributed by atoms with Crippen LogP contribution in [0.4, 0.5) is 0 Å². The van der Waals surface area contributed by atoms with E-state index in [0.29, 0.717) is 0 Å². The second-order valence-electron chi connectivity index (χ2n) is 4.37. The van der Waals surface area contributed by atoms with E-state index in [9.17, 15) is 9.59 Å². The lowest BCUT2D eigenvalue weighted by Gasteiger charge is -2.21. The number of ether oxygens (including phenoxy) is 1. The van der Waals surface area contributed by atoms with Gasteiger partial charge in [-0.25, -0.2) is 9.48 Å². The first kappa shape index (κ1) is 12.0. The predicted molar refractivity (Wildman–Crippen MR) is 63.1 cm³/mol. The highest BCUT2D eigenvalue weighted by molar-refractivity contribution is 5.88. The van der Waals surface area contributed by atoms with E-state index >= 15 is 0 Å². The van der Waals surface area contributed by atoms with E-state index in [0.717, 1.165) is 25.7 Å². The van der Waals surface area contributed by atoms with Crippen LogP contribution in [-0.2, 0) is 4.74 Å². The summed E-state index contributed by atoms with van der Waals surface area (Å²) in [7, 11) is 0. The van der Waals surface area contributed by atoms with Crippen molar-refractivity contribution in [1.29, 1.82) is 0 Å². The third kappa shape index (κ3) is 2.43. The monoisotopic (exact) mass is 238 g/mol. The van der Waals surface area contributed by atoms with E-state index < -0.39 is 5.97 Å². The molecule has 1 aromatic heterocycles. The molecule has 0 unspecified atom stereocenters. The Kier molecular flexibility index (Phi) is 3.66. The molecular weight excluding hydrogens is 220 g/mol. The first-order valence-corrected chi connectivity index (χ1v) is 6.21. The first-order valence-electron chi connectivity index (χ1n) is 6.21. The normalized spacial score (nSPS) is 17.0. The fourth-order valence-corrected chi connectivity index (χ4v) is 2.35. The van der Waals surface area contributed by atoms with Gasteiger partial charge in [-0.1, -0.05) is 19.3 Å². The van der Waals surface area contributed by atoms with Crippen molar-refractivity contribution in [3.63, 3.8) is 0 Å². The summed E-state index contributed by atoms with van der Waals surface area (Å²) in [4.78, 5) is 23.5. The zero-order valence-electron chi connectivity index (χ0n) is 10.1. The highest BCUT2D eigenvalue weighted by atomic mass is 16.5. The fraction of sp³-hybridized carbons (Fsp3) is 0.667. The van der Waals surface area contributed by atoms with Crippen molar-refractivity contribution in [2.75, 3.05) is 6.61 Å². The molecule has 1 saturated carbocycles. The smallest absolute Gasteiger partial charge is 0.345 e. The first-order chi connectivity index (χ1) is 8.24. The van der Waals surface area contributed by atoms with Crippen LogP contribution in [0.1, 0.15) is 55.4 Å². The molecule has 17 heavy (non-hydrogen) atoms. The van der Waals surface area contributed by atoms with Crippen LogP contribution in [0.2, 0.25) is 0 Å². The van der Waals surface area contributed by atoms with Crippen molar-refractivity contribution in [3.8, 4) is 0 Å². The van der Waals surface area contributed by atoms with Gasteiger partial charge in [0, 0.05) is 6.20 Å². The number of hydrogen-bond acceptors (Lipinski definition) is 3. The van der Waals surface area contributed by atoms with Crippen LogP contribution in [0, 0.1) is 0 Å². The molecule has 0 amide bonds. The van der Waals surface area contributed by atoms with Gasteiger partial charge < -0.3 is 9.84 Å². The lowest BCUT2D eigenvalue weighted by molar-refractivity contribution is 0.0524. The summed E-state index contributed by atoms with van der Waals surface area (Å²) in [5.41, 5.74) is -0.146. The van der Waals surface area contributed by atoms with Gasteiger partial charge in [0.2, 0.25) is 0 Å².